The lowest BCUT2D eigenvalue weighted by atomic mass is 10.1. The number of hydrogen-bond donors (Lipinski definition) is 0. The van der Waals surface area contributed by atoms with E-state index in [1.165, 1.54) is 18.2 Å². The van der Waals surface area contributed by atoms with Gasteiger partial charge in [-0.2, -0.15) is 0 Å². The van der Waals surface area contributed by atoms with Crippen LogP contribution in [0.15, 0.2) is 30.2 Å². The summed E-state index contributed by atoms with van der Waals surface area (Å²) in [6.07, 6.45) is 2.75. The van der Waals surface area contributed by atoms with Crippen LogP contribution in [0.3, 0.4) is 0 Å². The molecule has 1 aromatic carbocycles. The molecule has 0 radical (unpaired) electrons. The molecule has 0 saturated heterocycles. The predicted octanol–water partition coefficient (Wildman–Crippen LogP) is 4.04. The number of nitrogens with zero attached hydrogens (tertiary/aromatic N) is 1. The third-order valence-corrected chi connectivity index (χ3v) is 2.98. The molecule has 0 aliphatic rings. The van der Waals surface area contributed by atoms with Gasteiger partial charge in [0.2, 0.25) is 0 Å². The average molecular weight is 285 g/mol. The molecule has 1 rings (SSSR count). The highest BCUT2D eigenvalue weighted by atomic mass is 19.2. The molecule has 1 aromatic rings. The fourth-order valence-electron chi connectivity index (χ4n) is 1.47. The first-order valence-corrected chi connectivity index (χ1v) is 6.35. The van der Waals surface area contributed by atoms with Crippen molar-refractivity contribution in [3.63, 3.8) is 0 Å². The van der Waals surface area contributed by atoms with Gasteiger partial charge in [0.25, 0.3) is 0 Å². The Hall–Kier alpha value is -1.98. The van der Waals surface area contributed by atoms with Crippen LogP contribution in [0, 0.1) is 27.7 Å². The summed E-state index contributed by atoms with van der Waals surface area (Å²) in [7, 11) is 0. The first-order valence-electron chi connectivity index (χ1n) is 6.35. The molecule has 0 aromatic heterocycles. The van der Waals surface area contributed by atoms with Crippen molar-refractivity contribution >= 4 is 0 Å². The van der Waals surface area contributed by atoms with E-state index in [1.807, 2.05) is 13.8 Å². The average Bonchev–Trinajstić information content (AvgIpc) is 2.42. The molecule has 0 bridgehead atoms. The van der Waals surface area contributed by atoms with Crippen LogP contribution in [-0.2, 0) is 11.3 Å². The van der Waals surface area contributed by atoms with Crippen molar-refractivity contribution in [1.29, 1.82) is 0 Å². The zero-order valence-corrected chi connectivity index (χ0v) is 11.4. The Balaban J connectivity index is 2.72. The third kappa shape index (κ3) is 4.60. The smallest absolute Gasteiger partial charge is 0.424 e. The first kappa shape index (κ1) is 16.1. The number of benzene rings is 1. The summed E-state index contributed by atoms with van der Waals surface area (Å²) in [6.45, 7) is 3.56. The van der Waals surface area contributed by atoms with Crippen LogP contribution in [0.25, 0.3) is 0 Å². The van der Waals surface area contributed by atoms with Crippen LogP contribution in [0.5, 0.6) is 0 Å². The van der Waals surface area contributed by atoms with Crippen LogP contribution in [0.2, 0.25) is 0 Å². The minimum absolute atomic E-state index is 0.0544. The summed E-state index contributed by atoms with van der Waals surface area (Å²) in [6, 6.07) is 3.63. The lowest BCUT2D eigenvalue weighted by Crippen LogP contribution is -2.06. The van der Waals surface area contributed by atoms with Gasteiger partial charge in [-0.25, -0.2) is 8.78 Å². The minimum atomic E-state index is -1.04. The fourth-order valence-corrected chi connectivity index (χ4v) is 1.47. The highest BCUT2D eigenvalue weighted by Crippen LogP contribution is 2.15. The Kier molecular flexibility index (Phi) is 6.09. The molecule has 4 nitrogen and oxygen atoms in total. The molecule has 0 amide bonds. The molecule has 6 heteroatoms. The van der Waals surface area contributed by atoms with Gasteiger partial charge in [-0.05, 0) is 18.4 Å². The molecular formula is C14H17F2NO3. The summed E-state index contributed by atoms with van der Waals surface area (Å²) in [5.74, 6) is -2.19. The Bertz CT molecular complexity index is 503. The van der Waals surface area contributed by atoms with Crippen molar-refractivity contribution in [1.82, 2.24) is 0 Å². The van der Waals surface area contributed by atoms with Gasteiger partial charge >= 0.3 is 5.88 Å². The summed E-state index contributed by atoms with van der Waals surface area (Å²) < 4.78 is 31.3. The maximum absolute atomic E-state index is 13.4. The van der Waals surface area contributed by atoms with Gasteiger partial charge in [0, 0.05) is 11.6 Å². The summed E-state index contributed by atoms with van der Waals surface area (Å²) in [4.78, 5) is 10.2. The van der Waals surface area contributed by atoms with Crippen LogP contribution >= 0.6 is 0 Å². The van der Waals surface area contributed by atoms with E-state index in [1.54, 1.807) is 0 Å². The number of halogens is 2. The third-order valence-electron chi connectivity index (χ3n) is 2.98. The number of allylic oxidation sites excluding steroid dienone is 1. The van der Waals surface area contributed by atoms with E-state index in [0.717, 1.165) is 12.5 Å². The van der Waals surface area contributed by atoms with Crippen molar-refractivity contribution in [2.24, 2.45) is 5.92 Å². The quantitative estimate of drug-likeness (QED) is 0.431. The number of rotatable bonds is 7. The normalized spacial score (nSPS) is 13.1. The van der Waals surface area contributed by atoms with Crippen molar-refractivity contribution in [2.45, 2.75) is 33.3 Å². The molecule has 1 atom stereocenters. The van der Waals surface area contributed by atoms with Gasteiger partial charge in [0.1, 0.15) is 11.5 Å². The van der Waals surface area contributed by atoms with E-state index in [4.69, 9.17) is 4.74 Å². The van der Waals surface area contributed by atoms with E-state index in [9.17, 15) is 18.9 Å². The molecule has 0 spiro atoms. The molecule has 0 N–H and O–H groups in total. The van der Waals surface area contributed by atoms with Crippen molar-refractivity contribution in [3.8, 4) is 0 Å². The van der Waals surface area contributed by atoms with Crippen LogP contribution < -0.4 is 0 Å². The summed E-state index contributed by atoms with van der Waals surface area (Å²) >= 11 is 0. The molecule has 0 fully saturated rings. The molecule has 0 saturated carbocycles. The van der Waals surface area contributed by atoms with E-state index in [0.29, 0.717) is 12.3 Å². The van der Waals surface area contributed by atoms with E-state index >= 15 is 0 Å². The number of hydrogen-bond acceptors (Lipinski definition) is 3. The van der Waals surface area contributed by atoms with Crippen LogP contribution in [0.1, 0.15) is 32.3 Å². The Morgan fingerprint density at radius 1 is 1.50 bits per heavy atom. The number of nitro groups is 1. The lowest BCUT2D eigenvalue weighted by Gasteiger charge is -2.06. The van der Waals surface area contributed by atoms with E-state index in [2.05, 4.69) is 0 Å². The first-order chi connectivity index (χ1) is 9.45. The van der Waals surface area contributed by atoms with Gasteiger partial charge in [0.05, 0.1) is 0 Å². The number of ether oxygens (including phenoxy) is 1. The van der Waals surface area contributed by atoms with Gasteiger partial charge in [-0.3, -0.25) is 10.1 Å². The van der Waals surface area contributed by atoms with Gasteiger partial charge in [-0.15, -0.1) is 0 Å². The zero-order chi connectivity index (χ0) is 15.1. The van der Waals surface area contributed by atoms with Gasteiger partial charge in [-0.1, -0.05) is 32.4 Å². The maximum atomic E-state index is 13.4. The highest BCUT2D eigenvalue weighted by molar-refractivity contribution is 5.18. The molecule has 0 aliphatic heterocycles. The topological polar surface area (TPSA) is 52.4 Å². The standard InChI is InChI=1S/C14H17F2NO3/c1-3-10(2)7-8-13(17(18)19)20-9-11-5-4-6-12(15)14(11)16/h4-6,8,10H,3,7,9H2,1-2H3/t10-/m0/s1. The Morgan fingerprint density at radius 3 is 2.80 bits per heavy atom. The van der Waals surface area contributed by atoms with E-state index < -0.39 is 22.4 Å². The van der Waals surface area contributed by atoms with Crippen LogP contribution in [-0.4, -0.2) is 4.92 Å². The second kappa shape index (κ2) is 7.57. The van der Waals surface area contributed by atoms with Crippen molar-refractivity contribution < 1.29 is 18.4 Å². The fraction of sp³-hybridized carbons (Fsp3) is 0.429. The van der Waals surface area contributed by atoms with Crippen molar-refractivity contribution in [2.75, 3.05) is 0 Å². The monoisotopic (exact) mass is 285 g/mol. The zero-order valence-electron chi connectivity index (χ0n) is 11.4. The predicted molar refractivity (Wildman–Crippen MR) is 70.3 cm³/mol. The molecule has 110 valence electrons. The summed E-state index contributed by atoms with van der Waals surface area (Å²) in [5.41, 5.74) is -0.0544. The molecule has 0 aliphatic carbocycles. The second-order valence-electron chi connectivity index (χ2n) is 4.55. The molecule has 0 unspecified atom stereocenters. The lowest BCUT2D eigenvalue weighted by molar-refractivity contribution is -0.465. The summed E-state index contributed by atoms with van der Waals surface area (Å²) in [5, 5.41) is 10.8. The van der Waals surface area contributed by atoms with E-state index in [-0.39, 0.29) is 12.2 Å². The second-order valence-corrected chi connectivity index (χ2v) is 4.55. The Labute approximate surface area is 116 Å². The van der Waals surface area contributed by atoms with Gasteiger partial charge < -0.3 is 4.74 Å². The molecule has 20 heavy (non-hydrogen) atoms. The molecular weight excluding hydrogens is 268 g/mol. The highest BCUT2D eigenvalue weighted by Gasteiger charge is 2.15. The largest absolute Gasteiger partial charge is 0.436 e. The maximum Gasteiger partial charge on any atom is 0.424 e. The van der Waals surface area contributed by atoms with Crippen LogP contribution in [0.4, 0.5) is 8.78 Å². The minimum Gasteiger partial charge on any atom is -0.436 e. The Morgan fingerprint density at radius 2 is 2.20 bits per heavy atom. The molecule has 0 heterocycles. The SMILES string of the molecule is CC[C@H](C)CC=C(OCc1cccc(F)c1F)[N+](=O)[O-]. The van der Waals surface area contributed by atoms with Crippen molar-refractivity contribution in [3.05, 3.63) is 57.5 Å². The van der Waals surface area contributed by atoms with Gasteiger partial charge in [0.15, 0.2) is 11.6 Å².